The zero-order valence-electron chi connectivity index (χ0n) is 13.8. The molecule has 114 valence electrons. The predicted octanol–water partition coefficient (Wildman–Crippen LogP) is 4.04. The first-order chi connectivity index (χ1) is 9.11. The molecule has 1 fully saturated rings. The fourth-order valence-corrected chi connectivity index (χ4v) is 3.69. The average Bonchev–Trinajstić information content (AvgIpc) is 2.70. The fourth-order valence-electron chi connectivity index (χ4n) is 3.69. The van der Waals surface area contributed by atoms with E-state index in [-0.39, 0.29) is 5.54 Å². The lowest BCUT2D eigenvalue weighted by Crippen LogP contribution is -2.54. The summed E-state index contributed by atoms with van der Waals surface area (Å²) >= 11 is 0. The van der Waals surface area contributed by atoms with E-state index in [1.54, 1.807) is 0 Å². The number of hydrogen-bond donors (Lipinski definition) is 1. The van der Waals surface area contributed by atoms with Gasteiger partial charge in [-0.2, -0.15) is 0 Å². The van der Waals surface area contributed by atoms with E-state index in [4.69, 9.17) is 5.73 Å². The van der Waals surface area contributed by atoms with Crippen LogP contribution in [-0.2, 0) is 0 Å². The summed E-state index contributed by atoms with van der Waals surface area (Å²) in [7, 11) is 0. The van der Waals surface area contributed by atoms with E-state index < -0.39 is 0 Å². The third-order valence-corrected chi connectivity index (χ3v) is 5.56. The zero-order chi connectivity index (χ0) is 14.3. The van der Waals surface area contributed by atoms with Crippen molar-refractivity contribution < 1.29 is 0 Å². The molecule has 3 unspecified atom stereocenters. The maximum absolute atomic E-state index is 6.23. The molecule has 0 amide bonds. The lowest BCUT2D eigenvalue weighted by Gasteiger charge is -2.44. The van der Waals surface area contributed by atoms with Gasteiger partial charge in [-0.15, -0.1) is 0 Å². The molecule has 0 bridgehead atoms. The molecule has 2 N–H and O–H groups in total. The van der Waals surface area contributed by atoms with Gasteiger partial charge < -0.3 is 5.73 Å². The Kier molecular flexibility index (Phi) is 7.38. The van der Waals surface area contributed by atoms with Gasteiger partial charge in [0.25, 0.3) is 0 Å². The summed E-state index contributed by atoms with van der Waals surface area (Å²) in [5, 5.41) is 0. The predicted molar refractivity (Wildman–Crippen MR) is 85.4 cm³/mol. The quantitative estimate of drug-likeness (QED) is 0.755. The minimum absolute atomic E-state index is 0.262. The SMILES string of the molecule is CCC(C)CC(CC)(CN)N1CCCC(CC)CC1. The highest BCUT2D eigenvalue weighted by Crippen LogP contribution is 2.32. The zero-order valence-corrected chi connectivity index (χ0v) is 13.8. The molecule has 19 heavy (non-hydrogen) atoms. The Hall–Kier alpha value is -0.0800. The van der Waals surface area contributed by atoms with Crippen LogP contribution in [0, 0.1) is 11.8 Å². The largest absolute Gasteiger partial charge is 0.329 e. The third kappa shape index (κ3) is 4.46. The highest BCUT2D eigenvalue weighted by molar-refractivity contribution is 4.93. The molecule has 0 saturated carbocycles. The fraction of sp³-hybridized carbons (Fsp3) is 1.00. The summed E-state index contributed by atoms with van der Waals surface area (Å²) in [6.45, 7) is 12.7. The van der Waals surface area contributed by atoms with Gasteiger partial charge in [-0.25, -0.2) is 0 Å². The van der Waals surface area contributed by atoms with Crippen molar-refractivity contribution in [1.29, 1.82) is 0 Å². The average molecular weight is 268 g/mol. The molecule has 1 saturated heterocycles. The molecule has 0 aromatic rings. The molecule has 0 radical (unpaired) electrons. The van der Waals surface area contributed by atoms with Gasteiger partial charge in [-0.1, -0.05) is 40.5 Å². The Morgan fingerprint density at radius 2 is 1.95 bits per heavy atom. The molecular weight excluding hydrogens is 232 g/mol. The molecule has 0 spiro atoms. The van der Waals surface area contributed by atoms with Crippen LogP contribution in [0.25, 0.3) is 0 Å². The van der Waals surface area contributed by atoms with Crippen LogP contribution in [0.1, 0.15) is 72.6 Å². The molecule has 1 aliphatic heterocycles. The van der Waals surface area contributed by atoms with Gasteiger partial charge in [0.15, 0.2) is 0 Å². The first-order valence-corrected chi connectivity index (χ1v) is 8.56. The number of hydrogen-bond acceptors (Lipinski definition) is 2. The summed E-state index contributed by atoms with van der Waals surface area (Å²) in [4.78, 5) is 2.74. The molecule has 0 aromatic heterocycles. The first kappa shape index (κ1) is 17.0. The van der Waals surface area contributed by atoms with E-state index in [0.717, 1.165) is 18.4 Å². The smallest absolute Gasteiger partial charge is 0.0331 e. The second-order valence-corrected chi connectivity index (χ2v) is 6.69. The molecule has 2 heteroatoms. The van der Waals surface area contributed by atoms with Crippen LogP contribution >= 0.6 is 0 Å². The van der Waals surface area contributed by atoms with Gasteiger partial charge in [0.1, 0.15) is 0 Å². The summed E-state index contributed by atoms with van der Waals surface area (Å²) in [5.74, 6) is 1.73. The van der Waals surface area contributed by atoms with E-state index in [1.165, 1.54) is 58.0 Å². The Morgan fingerprint density at radius 3 is 2.47 bits per heavy atom. The third-order valence-electron chi connectivity index (χ3n) is 5.56. The second kappa shape index (κ2) is 8.26. The molecule has 1 aliphatic rings. The number of nitrogens with two attached hydrogens (primary N) is 1. The van der Waals surface area contributed by atoms with Gasteiger partial charge in [0.2, 0.25) is 0 Å². The molecule has 3 atom stereocenters. The van der Waals surface area contributed by atoms with Crippen molar-refractivity contribution in [3.05, 3.63) is 0 Å². The second-order valence-electron chi connectivity index (χ2n) is 6.69. The van der Waals surface area contributed by atoms with Crippen LogP contribution < -0.4 is 5.73 Å². The van der Waals surface area contributed by atoms with Crippen molar-refractivity contribution in [2.75, 3.05) is 19.6 Å². The van der Waals surface area contributed by atoms with Gasteiger partial charge in [-0.3, -0.25) is 4.90 Å². The Bertz CT molecular complexity index is 235. The molecule has 1 rings (SSSR count). The van der Waals surface area contributed by atoms with Crippen LogP contribution in [0.5, 0.6) is 0 Å². The molecule has 0 aliphatic carbocycles. The van der Waals surface area contributed by atoms with Crippen LogP contribution in [0.15, 0.2) is 0 Å². The van der Waals surface area contributed by atoms with E-state index in [2.05, 4.69) is 32.6 Å². The molecule has 1 heterocycles. The standard InChI is InChI=1S/C17H36N2/c1-5-15(4)13-17(7-3,14-18)19-11-8-9-16(6-2)10-12-19/h15-16H,5-14,18H2,1-4H3. The molecular formula is C17H36N2. The summed E-state index contributed by atoms with van der Waals surface area (Å²) < 4.78 is 0. The topological polar surface area (TPSA) is 29.3 Å². The van der Waals surface area contributed by atoms with Crippen LogP contribution in [0.3, 0.4) is 0 Å². The summed E-state index contributed by atoms with van der Waals surface area (Å²) in [6.07, 6.45) is 9.24. The van der Waals surface area contributed by atoms with Crippen molar-refractivity contribution in [2.24, 2.45) is 17.6 Å². The van der Waals surface area contributed by atoms with E-state index in [0.29, 0.717) is 0 Å². The van der Waals surface area contributed by atoms with E-state index >= 15 is 0 Å². The highest BCUT2D eigenvalue weighted by atomic mass is 15.2. The number of nitrogens with zero attached hydrogens (tertiary/aromatic N) is 1. The number of rotatable bonds is 7. The Labute approximate surface area is 121 Å². The number of likely N-dealkylation sites (tertiary alicyclic amines) is 1. The van der Waals surface area contributed by atoms with Crippen molar-refractivity contribution in [3.63, 3.8) is 0 Å². The van der Waals surface area contributed by atoms with Crippen LogP contribution in [0.2, 0.25) is 0 Å². The Morgan fingerprint density at radius 1 is 1.21 bits per heavy atom. The van der Waals surface area contributed by atoms with Gasteiger partial charge in [0, 0.05) is 12.1 Å². The summed E-state index contributed by atoms with van der Waals surface area (Å²) in [5.41, 5.74) is 6.49. The van der Waals surface area contributed by atoms with Crippen molar-refractivity contribution >= 4 is 0 Å². The molecule has 2 nitrogen and oxygen atoms in total. The maximum atomic E-state index is 6.23. The van der Waals surface area contributed by atoms with Crippen LogP contribution in [0.4, 0.5) is 0 Å². The normalized spacial score (nSPS) is 26.7. The van der Waals surface area contributed by atoms with Gasteiger partial charge in [0.05, 0.1) is 0 Å². The lowest BCUT2D eigenvalue weighted by atomic mass is 9.83. The minimum Gasteiger partial charge on any atom is -0.329 e. The first-order valence-electron chi connectivity index (χ1n) is 8.56. The van der Waals surface area contributed by atoms with Crippen molar-refractivity contribution in [3.8, 4) is 0 Å². The maximum Gasteiger partial charge on any atom is 0.0331 e. The van der Waals surface area contributed by atoms with Crippen molar-refractivity contribution in [1.82, 2.24) is 4.90 Å². The Balaban J connectivity index is 2.74. The van der Waals surface area contributed by atoms with Crippen LogP contribution in [-0.4, -0.2) is 30.1 Å². The highest BCUT2D eigenvalue weighted by Gasteiger charge is 2.35. The lowest BCUT2D eigenvalue weighted by molar-refractivity contribution is 0.0680. The van der Waals surface area contributed by atoms with Gasteiger partial charge in [-0.05, 0) is 57.0 Å². The van der Waals surface area contributed by atoms with Gasteiger partial charge >= 0.3 is 0 Å². The summed E-state index contributed by atoms with van der Waals surface area (Å²) in [6, 6.07) is 0. The molecule has 0 aromatic carbocycles. The van der Waals surface area contributed by atoms with E-state index in [1.807, 2.05) is 0 Å². The van der Waals surface area contributed by atoms with Crippen molar-refractivity contribution in [2.45, 2.75) is 78.2 Å². The van der Waals surface area contributed by atoms with E-state index in [9.17, 15) is 0 Å². The monoisotopic (exact) mass is 268 g/mol. The minimum atomic E-state index is 0.262.